The summed E-state index contributed by atoms with van der Waals surface area (Å²) in [6, 6.07) is 9.21. The number of thiophene rings is 1. The van der Waals surface area contributed by atoms with Gasteiger partial charge in [0.25, 0.3) is 5.91 Å². The highest BCUT2D eigenvalue weighted by atomic mass is 79.9. The van der Waals surface area contributed by atoms with Crippen molar-refractivity contribution in [1.29, 1.82) is 0 Å². The van der Waals surface area contributed by atoms with E-state index in [1.807, 2.05) is 23.6 Å². The Balaban J connectivity index is 1.80. The number of nitrogens with one attached hydrogen (secondary N) is 1. The molecule has 1 aromatic carbocycles. The molecule has 0 fully saturated rings. The molecular formula is C14H14BrNO3S. The molecule has 0 aliphatic carbocycles. The molecule has 1 heterocycles. The summed E-state index contributed by atoms with van der Waals surface area (Å²) < 4.78 is 11.6. The van der Waals surface area contributed by atoms with Gasteiger partial charge in [-0.15, -0.1) is 11.3 Å². The maximum absolute atomic E-state index is 11.7. The van der Waals surface area contributed by atoms with Gasteiger partial charge in [-0.3, -0.25) is 4.79 Å². The molecule has 6 heteroatoms. The van der Waals surface area contributed by atoms with E-state index >= 15 is 0 Å². The molecular weight excluding hydrogens is 342 g/mol. The van der Waals surface area contributed by atoms with Crippen LogP contribution in [0, 0.1) is 0 Å². The molecule has 0 unspecified atom stereocenters. The standard InChI is InChI=1S/C14H14BrNO3S/c1-18-12-4-2-3-5-13(12)19-8-14(17)16-7-11-6-10(15)9-20-11/h2-6,9H,7-8H2,1H3,(H,16,17). The minimum absolute atomic E-state index is 0.0348. The fraction of sp³-hybridized carbons (Fsp3) is 0.214. The van der Waals surface area contributed by atoms with Gasteiger partial charge in [0.05, 0.1) is 13.7 Å². The van der Waals surface area contributed by atoms with Gasteiger partial charge in [-0.1, -0.05) is 12.1 Å². The largest absolute Gasteiger partial charge is 0.493 e. The van der Waals surface area contributed by atoms with Crippen molar-refractivity contribution in [3.05, 3.63) is 45.1 Å². The Hall–Kier alpha value is -1.53. The number of carbonyl (C=O) groups is 1. The van der Waals surface area contributed by atoms with Crippen molar-refractivity contribution < 1.29 is 14.3 Å². The smallest absolute Gasteiger partial charge is 0.258 e. The van der Waals surface area contributed by atoms with Gasteiger partial charge in [-0.05, 0) is 34.1 Å². The van der Waals surface area contributed by atoms with Crippen LogP contribution in [-0.2, 0) is 11.3 Å². The number of rotatable bonds is 6. The number of halogens is 1. The second-order valence-corrected chi connectivity index (χ2v) is 5.86. The van der Waals surface area contributed by atoms with E-state index in [1.165, 1.54) is 0 Å². The van der Waals surface area contributed by atoms with Crippen molar-refractivity contribution in [1.82, 2.24) is 5.32 Å². The number of hydrogen-bond donors (Lipinski definition) is 1. The molecule has 0 atom stereocenters. The number of carbonyl (C=O) groups excluding carboxylic acids is 1. The number of hydrogen-bond acceptors (Lipinski definition) is 4. The van der Waals surface area contributed by atoms with Crippen LogP contribution in [0.1, 0.15) is 4.88 Å². The van der Waals surface area contributed by atoms with Gasteiger partial charge in [0.2, 0.25) is 0 Å². The van der Waals surface area contributed by atoms with Gasteiger partial charge in [0.15, 0.2) is 18.1 Å². The van der Waals surface area contributed by atoms with Crippen LogP contribution in [-0.4, -0.2) is 19.6 Å². The van der Waals surface area contributed by atoms with Crippen LogP contribution < -0.4 is 14.8 Å². The monoisotopic (exact) mass is 355 g/mol. The summed E-state index contributed by atoms with van der Waals surface area (Å²) in [6.07, 6.45) is 0. The normalized spacial score (nSPS) is 10.1. The SMILES string of the molecule is COc1ccccc1OCC(=O)NCc1cc(Br)cs1. The quantitative estimate of drug-likeness (QED) is 0.865. The van der Waals surface area contributed by atoms with Gasteiger partial charge in [-0.2, -0.15) is 0 Å². The van der Waals surface area contributed by atoms with Crippen LogP contribution in [0.3, 0.4) is 0 Å². The summed E-state index contributed by atoms with van der Waals surface area (Å²) in [7, 11) is 1.57. The first kappa shape index (κ1) is 14.9. The van der Waals surface area contributed by atoms with Gasteiger partial charge >= 0.3 is 0 Å². The fourth-order valence-corrected chi connectivity index (χ4v) is 2.96. The molecule has 0 bridgehead atoms. The summed E-state index contributed by atoms with van der Waals surface area (Å²) in [5, 5.41) is 4.78. The summed E-state index contributed by atoms with van der Waals surface area (Å²) in [5.41, 5.74) is 0. The van der Waals surface area contributed by atoms with Crippen molar-refractivity contribution in [2.75, 3.05) is 13.7 Å². The Morgan fingerprint density at radius 2 is 2.10 bits per heavy atom. The minimum Gasteiger partial charge on any atom is -0.493 e. The van der Waals surface area contributed by atoms with Crippen LogP contribution in [0.4, 0.5) is 0 Å². The topological polar surface area (TPSA) is 47.6 Å². The lowest BCUT2D eigenvalue weighted by Gasteiger charge is -2.10. The molecule has 1 aromatic heterocycles. The molecule has 0 spiro atoms. The van der Waals surface area contributed by atoms with Crippen LogP contribution in [0.5, 0.6) is 11.5 Å². The number of para-hydroxylation sites is 2. The third-order valence-electron chi connectivity index (χ3n) is 2.51. The second kappa shape index (κ2) is 7.31. The van der Waals surface area contributed by atoms with Crippen LogP contribution in [0.2, 0.25) is 0 Å². The molecule has 4 nitrogen and oxygen atoms in total. The number of benzene rings is 1. The molecule has 2 rings (SSSR count). The summed E-state index contributed by atoms with van der Waals surface area (Å²) in [6.45, 7) is 0.470. The van der Waals surface area contributed by atoms with Crippen molar-refractivity contribution in [2.24, 2.45) is 0 Å². The molecule has 0 saturated carbocycles. The average Bonchev–Trinajstić information content (AvgIpc) is 2.89. The first-order chi connectivity index (χ1) is 9.69. The lowest BCUT2D eigenvalue weighted by atomic mass is 10.3. The molecule has 1 amide bonds. The maximum atomic E-state index is 11.7. The Kier molecular flexibility index (Phi) is 5.43. The van der Waals surface area contributed by atoms with Crippen molar-refractivity contribution >= 4 is 33.2 Å². The van der Waals surface area contributed by atoms with Crippen molar-refractivity contribution in [2.45, 2.75) is 6.54 Å². The van der Waals surface area contributed by atoms with E-state index in [2.05, 4.69) is 21.2 Å². The van der Waals surface area contributed by atoms with Crippen LogP contribution in [0.15, 0.2) is 40.2 Å². The third kappa shape index (κ3) is 4.25. The zero-order valence-corrected chi connectivity index (χ0v) is 13.3. The lowest BCUT2D eigenvalue weighted by molar-refractivity contribution is -0.123. The second-order valence-electron chi connectivity index (χ2n) is 3.95. The molecule has 2 aromatic rings. The molecule has 1 N–H and O–H groups in total. The zero-order valence-electron chi connectivity index (χ0n) is 10.9. The average molecular weight is 356 g/mol. The van der Waals surface area contributed by atoms with E-state index in [0.29, 0.717) is 18.0 Å². The fourth-order valence-electron chi connectivity index (χ4n) is 1.56. The number of ether oxygens (including phenoxy) is 2. The maximum Gasteiger partial charge on any atom is 0.258 e. The zero-order chi connectivity index (χ0) is 14.4. The van der Waals surface area contributed by atoms with E-state index in [-0.39, 0.29) is 12.5 Å². The third-order valence-corrected chi connectivity index (χ3v) is 4.21. The van der Waals surface area contributed by atoms with Gasteiger partial charge in [0.1, 0.15) is 0 Å². The Morgan fingerprint density at radius 3 is 2.75 bits per heavy atom. The molecule has 0 radical (unpaired) electrons. The highest BCUT2D eigenvalue weighted by Crippen LogP contribution is 2.25. The molecule has 0 aliphatic heterocycles. The van der Waals surface area contributed by atoms with Crippen molar-refractivity contribution in [3.8, 4) is 11.5 Å². The highest BCUT2D eigenvalue weighted by Gasteiger charge is 2.07. The van der Waals surface area contributed by atoms with Gasteiger partial charge in [0, 0.05) is 14.7 Å². The predicted molar refractivity (Wildman–Crippen MR) is 82.4 cm³/mol. The van der Waals surface area contributed by atoms with E-state index in [0.717, 1.165) is 9.35 Å². The highest BCUT2D eigenvalue weighted by molar-refractivity contribution is 9.10. The van der Waals surface area contributed by atoms with Crippen LogP contribution >= 0.6 is 27.3 Å². The molecule has 0 aliphatic rings. The summed E-state index contributed by atoms with van der Waals surface area (Å²) in [5.74, 6) is 1.01. The minimum atomic E-state index is -0.166. The first-order valence-electron chi connectivity index (χ1n) is 5.94. The van der Waals surface area contributed by atoms with E-state index in [4.69, 9.17) is 9.47 Å². The van der Waals surface area contributed by atoms with Gasteiger partial charge < -0.3 is 14.8 Å². The number of methoxy groups -OCH3 is 1. The Morgan fingerprint density at radius 1 is 1.35 bits per heavy atom. The molecule has 0 saturated heterocycles. The first-order valence-corrected chi connectivity index (χ1v) is 7.61. The predicted octanol–water partition coefficient (Wildman–Crippen LogP) is 3.21. The van der Waals surface area contributed by atoms with Crippen molar-refractivity contribution in [3.63, 3.8) is 0 Å². The van der Waals surface area contributed by atoms with E-state index < -0.39 is 0 Å². The molecule has 20 heavy (non-hydrogen) atoms. The Labute approximate surface area is 129 Å². The molecule has 106 valence electrons. The Bertz CT molecular complexity index is 585. The van der Waals surface area contributed by atoms with Gasteiger partial charge in [-0.25, -0.2) is 0 Å². The van der Waals surface area contributed by atoms with E-state index in [1.54, 1.807) is 30.6 Å². The summed E-state index contributed by atoms with van der Waals surface area (Å²) >= 11 is 4.97. The van der Waals surface area contributed by atoms with Crippen LogP contribution in [0.25, 0.3) is 0 Å². The summed E-state index contributed by atoms with van der Waals surface area (Å²) in [4.78, 5) is 12.8. The number of amides is 1. The van der Waals surface area contributed by atoms with E-state index in [9.17, 15) is 4.79 Å². The lowest BCUT2D eigenvalue weighted by Crippen LogP contribution is -2.28.